The van der Waals surface area contributed by atoms with Gasteiger partial charge in [0.15, 0.2) is 16.3 Å². The predicted octanol–water partition coefficient (Wildman–Crippen LogP) is 7.50. The van der Waals surface area contributed by atoms with Gasteiger partial charge in [-0.25, -0.2) is 9.79 Å². The van der Waals surface area contributed by atoms with Gasteiger partial charge in [0.25, 0.3) is 5.56 Å². The van der Waals surface area contributed by atoms with Gasteiger partial charge in [0.2, 0.25) is 0 Å². The van der Waals surface area contributed by atoms with E-state index in [2.05, 4.69) is 22.6 Å². The Morgan fingerprint density at radius 3 is 2.59 bits per heavy atom. The lowest BCUT2D eigenvalue weighted by Crippen LogP contribution is -2.39. The van der Waals surface area contributed by atoms with Crippen molar-refractivity contribution in [2.75, 3.05) is 13.7 Å². The summed E-state index contributed by atoms with van der Waals surface area (Å²) in [5.41, 5.74) is 2.84. The highest BCUT2D eigenvalue weighted by molar-refractivity contribution is 14.1. The molecular weight excluding hydrogens is 778 g/mol. The summed E-state index contributed by atoms with van der Waals surface area (Å²) in [6.07, 6.45) is 1.80. The number of hydrogen-bond donors (Lipinski definition) is 0. The summed E-state index contributed by atoms with van der Waals surface area (Å²) in [5, 5.41) is 2.98. The van der Waals surface area contributed by atoms with Crippen LogP contribution in [0.3, 0.4) is 0 Å². The number of aromatic nitrogens is 1. The number of thiazole rings is 1. The molecule has 46 heavy (non-hydrogen) atoms. The monoisotopic (exact) mass is 802 g/mol. The van der Waals surface area contributed by atoms with Crippen molar-refractivity contribution in [1.29, 1.82) is 0 Å². The molecule has 2 aromatic heterocycles. The molecule has 0 saturated heterocycles. The lowest BCUT2D eigenvalue weighted by molar-refractivity contribution is -0.138. The maximum Gasteiger partial charge on any atom is 0.338 e. The second kappa shape index (κ2) is 14.1. The van der Waals surface area contributed by atoms with Crippen molar-refractivity contribution < 1.29 is 19.0 Å². The predicted molar refractivity (Wildman–Crippen MR) is 192 cm³/mol. The molecule has 0 bridgehead atoms. The molecule has 1 aliphatic heterocycles. The largest absolute Gasteiger partial charge is 0.493 e. The smallest absolute Gasteiger partial charge is 0.338 e. The number of benzene rings is 3. The zero-order valence-electron chi connectivity index (χ0n) is 24.5. The molecule has 3 heterocycles. The molecule has 0 saturated carbocycles. The molecule has 7 nitrogen and oxygen atoms in total. The van der Waals surface area contributed by atoms with E-state index in [1.807, 2.05) is 66.0 Å². The molecule has 234 valence electrons. The lowest BCUT2D eigenvalue weighted by Gasteiger charge is -2.24. The maximum absolute atomic E-state index is 14.1. The van der Waals surface area contributed by atoms with Crippen LogP contribution >= 0.6 is 68.5 Å². The summed E-state index contributed by atoms with van der Waals surface area (Å²) in [6, 6.07) is 21.6. The van der Waals surface area contributed by atoms with Crippen molar-refractivity contribution in [1.82, 2.24) is 4.57 Å². The molecule has 0 radical (unpaired) electrons. The second-order valence-electron chi connectivity index (χ2n) is 10.0. The number of rotatable bonds is 9. The van der Waals surface area contributed by atoms with Gasteiger partial charge in [-0.15, -0.1) is 11.3 Å². The Labute approximate surface area is 296 Å². The number of carbonyl (C=O) groups is 1. The third kappa shape index (κ3) is 6.54. The molecule has 0 amide bonds. The number of methoxy groups -OCH3 is 1. The van der Waals surface area contributed by atoms with Gasteiger partial charge in [-0.05, 0) is 76.9 Å². The standard InChI is InChI=1S/C34H25Cl2IN2O5S2/c1-3-43-33(41)28-29(20-8-5-4-6-9-20)38-34-39(30(28)26-10-7-13-45-26)32(40)27(46-34)16-19-14-24(37)31(25(15-19)42-2)44-18-21-11-12-22(35)17-23(21)36/h4-17,30H,3,18H2,1-2H3/b27-16-/t30-/m1/s1. The average molecular weight is 804 g/mol. The first-order valence-electron chi connectivity index (χ1n) is 14.0. The summed E-state index contributed by atoms with van der Waals surface area (Å²) in [7, 11) is 1.56. The molecule has 6 rings (SSSR count). The number of thiophene rings is 1. The van der Waals surface area contributed by atoms with Crippen LogP contribution < -0.4 is 24.4 Å². The first kappa shape index (κ1) is 32.5. The Morgan fingerprint density at radius 2 is 1.89 bits per heavy atom. The molecule has 0 spiro atoms. The van der Waals surface area contributed by atoms with Gasteiger partial charge in [-0.3, -0.25) is 9.36 Å². The van der Waals surface area contributed by atoms with Gasteiger partial charge in [0.05, 0.1) is 33.1 Å². The van der Waals surface area contributed by atoms with Gasteiger partial charge in [-0.1, -0.05) is 77.0 Å². The number of hydrogen-bond acceptors (Lipinski definition) is 8. The first-order chi connectivity index (χ1) is 22.3. The zero-order chi connectivity index (χ0) is 32.4. The van der Waals surface area contributed by atoms with Crippen LogP contribution in [0.1, 0.15) is 34.5 Å². The Kier molecular flexibility index (Phi) is 10.00. The molecule has 0 N–H and O–H groups in total. The highest BCUT2D eigenvalue weighted by Crippen LogP contribution is 2.38. The van der Waals surface area contributed by atoms with E-state index in [1.165, 1.54) is 22.7 Å². The van der Waals surface area contributed by atoms with Crippen molar-refractivity contribution in [3.8, 4) is 11.5 Å². The SMILES string of the molecule is CCOC(=O)C1=C(c2ccccc2)N=c2s/c(=C\c3cc(I)c(OCc4ccc(Cl)cc4Cl)c(OC)c3)c(=O)n2[C@@H]1c1cccs1. The van der Waals surface area contributed by atoms with Crippen LogP contribution in [-0.4, -0.2) is 24.3 Å². The number of halogens is 3. The lowest BCUT2D eigenvalue weighted by atomic mass is 9.97. The van der Waals surface area contributed by atoms with E-state index >= 15 is 0 Å². The Balaban J connectivity index is 1.46. The topological polar surface area (TPSA) is 79.1 Å². The highest BCUT2D eigenvalue weighted by atomic mass is 127. The number of fused-ring (bicyclic) bond motifs is 1. The molecule has 1 aliphatic rings. The fourth-order valence-corrected chi connectivity index (χ4v) is 8.13. The third-order valence-corrected chi connectivity index (χ3v) is 10.4. The van der Waals surface area contributed by atoms with E-state index in [-0.39, 0.29) is 18.8 Å². The molecule has 0 fully saturated rings. The van der Waals surface area contributed by atoms with Crippen LogP contribution in [0.4, 0.5) is 0 Å². The van der Waals surface area contributed by atoms with Crippen LogP contribution in [0.5, 0.6) is 11.5 Å². The summed E-state index contributed by atoms with van der Waals surface area (Å²) in [4.78, 5) is 33.9. The van der Waals surface area contributed by atoms with Gasteiger partial charge in [-0.2, -0.15) is 0 Å². The van der Waals surface area contributed by atoms with Crippen LogP contribution in [0.2, 0.25) is 10.0 Å². The van der Waals surface area contributed by atoms with Crippen LogP contribution in [0.15, 0.2) is 93.5 Å². The van der Waals surface area contributed by atoms with Gasteiger partial charge in [0.1, 0.15) is 12.6 Å². The van der Waals surface area contributed by atoms with Crippen molar-refractivity contribution >= 4 is 86.2 Å². The van der Waals surface area contributed by atoms with E-state index in [9.17, 15) is 9.59 Å². The third-order valence-electron chi connectivity index (χ3n) is 7.12. The van der Waals surface area contributed by atoms with E-state index in [0.717, 1.165) is 25.1 Å². The summed E-state index contributed by atoms with van der Waals surface area (Å²) >= 11 is 17.3. The molecule has 5 aromatic rings. The van der Waals surface area contributed by atoms with Gasteiger partial charge >= 0.3 is 5.97 Å². The van der Waals surface area contributed by atoms with Crippen molar-refractivity contribution in [3.63, 3.8) is 0 Å². The van der Waals surface area contributed by atoms with Gasteiger partial charge < -0.3 is 14.2 Å². The van der Waals surface area contributed by atoms with Crippen molar-refractivity contribution in [3.05, 3.63) is 139 Å². The van der Waals surface area contributed by atoms with Crippen molar-refractivity contribution in [2.24, 2.45) is 4.99 Å². The molecular formula is C34H25Cl2IN2O5S2. The molecule has 1 atom stereocenters. The summed E-state index contributed by atoms with van der Waals surface area (Å²) < 4.78 is 20.2. The first-order valence-corrected chi connectivity index (χ1v) is 17.6. The maximum atomic E-state index is 14.1. The fraction of sp³-hybridized carbons (Fsp3) is 0.147. The Hall–Kier alpha value is -3.42. The minimum absolute atomic E-state index is 0.193. The van der Waals surface area contributed by atoms with Gasteiger partial charge in [0, 0.05) is 26.0 Å². The fourth-order valence-electron chi connectivity index (χ4n) is 5.06. The van der Waals surface area contributed by atoms with E-state index in [1.54, 1.807) is 36.8 Å². The van der Waals surface area contributed by atoms with Crippen LogP contribution in [-0.2, 0) is 16.1 Å². The molecule has 0 aliphatic carbocycles. The average Bonchev–Trinajstić information content (AvgIpc) is 3.69. The Morgan fingerprint density at radius 1 is 1.09 bits per heavy atom. The van der Waals surface area contributed by atoms with Crippen molar-refractivity contribution in [2.45, 2.75) is 19.6 Å². The quantitative estimate of drug-likeness (QED) is 0.114. The minimum atomic E-state index is -0.696. The van der Waals surface area contributed by atoms with E-state index in [0.29, 0.717) is 42.1 Å². The summed E-state index contributed by atoms with van der Waals surface area (Å²) in [6.45, 7) is 2.17. The number of nitrogens with zero attached hydrogens (tertiary/aromatic N) is 2. The summed E-state index contributed by atoms with van der Waals surface area (Å²) in [5.74, 6) is 0.549. The molecule has 12 heteroatoms. The van der Waals surface area contributed by atoms with Crippen LogP contribution in [0, 0.1) is 3.57 Å². The zero-order valence-corrected chi connectivity index (χ0v) is 29.8. The normalized spacial score (nSPS) is 14.5. The molecule has 0 unspecified atom stereocenters. The number of carbonyl (C=O) groups excluding carboxylic acids is 1. The number of ether oxygens (including phenoxy) is 3. The molecule has 3 aromatic carbocycles. The van der Waals surface area contributed by atoms with E-state index in [4.69, 9.17) is 42.4 Å². The van der Waals surface area contributed by atoms with E-state index < -0.39 is 12.0 Å². The number of esters is 1. The highest BCUT2D eigenvalue weighted by Gasteiger charge is 2.35. The van der Waals surface area contributed by atoms with Crippen LogP contribution in [0.25, 0.3) is 11.8 Å². The second-order valence-corrected chi connectivity index (χ2v) is 14.0. The Bertz CT molecular complexity index is 2140. The minimum Gasteiger partial charge on any atom is -0.493 e.